The van der Waals surface area contributed by atoms with Crippen LogP contribution >= 0.6 is 24.4 Å². The Balaban J connectivity index is 2.82. The predicted octanol–water partition coefficient (Wildman–Crippen LogP) is 1.42. The van der Waals surface area contributed by atoms with Crippen LogP contribution in [0.4, 0.5) is 0 Å². The van der Waals surface area contributed by atoms with Crippen molar-refractivity contribution in [3.05, 3.63) is 18.7 Å². The average molecular weight is 170 g/mol. The van der Waals surface area contributed by atoms with Gasteiger partial charge in [0.25, 0.3) is 0 Å². The summed E-state index contributed by atoms with van der Waals surface area (Å²) in [6.45, 7) is 0. The lowest BCUT2D eigenvalue weighted by Crippen LogP contribution is -2.06. The molecule has 0 aromatic carbocycles. The van der Waals surface area contributed by atoms with Gasteiger partial charge in [-0.2, -0.15) is 0 Å². The molecule has 1 aromatic rings. The summed E-state index contributed by atoms with van der Waals surface area (Å²) in [4.78, 5) is 3.87. The van der Waals surface area contributed by atoms with E-state index in [0.717, 1.165) is 0 Å². The van der Waals surface area contributed by atoms with Crippen LogP contribution in [0.2, 0.25) is 0 Å². The minimum Gasteiger partial charge on any atom is -0.325 e. The summed E-state index contributed by atoms with van der Waals surface area (Å²) in [5.74, 6) is 0. The summed E-state index contributed by atoms with van der Waals surface area (Å²) >= 11 is 9.50. The molecular weight excluding hydrogens is 164 g/mol. The van der Waals surface area contributed by atoms with Crippen LogP contribution < -0.4 is 0 Å². The van der Waals surface area contributed by atoms with Crippen molar-refractivity contribution in [3.8, 4) is 0 Å². The van der Waals surface area contributed by atoms with Crippen LogP contribution in [0.3, 0.4) is 0 Å². The summed E-state index contributed by atoms with van der Waals surface area (Å²) in [6, 6.07) is 0.0208. The molecule has 0 spiro atoms. The molecule has 0 atom stereocenters. The van der Waals surface area contributed by atoms with Crippen molar-refractivity contribution in [2.45, 2.75) is 6.04 Å². The molecule has 1 rings (SSSR count). The standard InChI is InChI=1S/C6H6N2S2/c9-3-6(4-10)8-2-1-7-5-8/h1-6H. The van der Waals surface area contributed by atoms with Crippen molar-refractivity contribution in [1.29, 1.82) is 0 Å². The lowest BCUT2D eigenvalue weighted by Gasteiger charge is -2.04. The third-order valence-corrected chi connectivity index (χ3v) is 1.71. The molecule has 0 amide bonds. The molecular formula is C6H6N2S2. The topological polar surface area (TPSA) is 17.8 Å². The van der Waals surface area contributed by atoms with Gasteiger partial charge in [-0.25, -0.2) is 4.98 Å². The van der Waals surface area contributed by atoms with Crippen LogP contribution in [0, 0.1) is 0 Å². The molecule has 0 bridgehead atoms. The summed E-state index contributed by atoms with van der Waals surface area (Å²) < 4.78 is 1.85. The highest BCUT2D eigenvalue weighted by Crippen LogP contribution is 1.98. The molecule has 52 valence electrons. The average Bonchev–Trinajstić information content (AvgIpc) is 2.43. The van der Waals surface area contributed by atoms with Gasteiger partial charge in [0, 0.05) is 23.1 Å². The maximum Gasteiger partial charge on any atom is 0.0954 e. The quantitative estimate of drug-likeness (QED) is 0.639. The number of thiocarbonyl (C=S) groups is 2. The maximum atomic E-state index is 4.75. The fraction of sp³-hybridized carbons (Fsp3) is 0.167. The molecule has 0 N–H and O–H groups in total. The van der Waals surface area contributed by atoms with E-state index in [1.807, 2.05) is 10.8 Å². The van der Waals surface area contributed by atoms with Crippen LogP contribution in [0.25, 0.3) is 0 Å². The number of hydrogen-bond acceptors (Lipinski definition) is 3. The Labute approximate surface area is 69.9 Å². The zero-order valence-corrected chi connectivity index (χ0v) is 6.81. The Kier molecular flexibility index (Phi) is 2.65. The van der Waals surface area contributed by atoms with Crippen LogP contribution in [0.15, 0.2) is 18.7 Å². The van der Waals surface area contributed by atoms with Gasteiger partial charge in [-0.05, 0) is 0 Å². The normalized spacial score (nSPS) is 9.70. The molecule has 0 aliphatic carbocycles. The van der Waals surface area contributed by atoms with Gasteiger partial charge >= 0.3 is 0 Å². The third kappa shape index (κ3) is 1.46. The maximum absolute atomic E-state index is 4.75. The van der Waals surface area contributed by atoms with Crippen molar-refractivity contribution in [2.24, 2.45) is 0 Å². The van der Waals surface area contributed by atoms with Crippen molar-refractivity contribution >= 4 is 35.2 Å². The molecule has 0 saturated carbocycles. The number of hydrogen-bond donors (Lipinski definition) is 0. The van der Waals surface area contributed by atoms with Gasteiger partial charge < -0.3 is 4.57 Å². The number of nitrogens with zero attached hydrogens (tertiary/aromatic N) is 2. The fourth-order valence-corrected chi connectivity index (χ4v) is 1.16. The summed E-state index contributed by atoms with van der Waals surface area (Å²) in [5.41, 5.74) is 0. The fourth-order valence-electron chi connectivity index (χ4n) is 0.618. The van der Waals surface area contributed by atoms with E-state index in [4.69, 9.17) is 24.4 Å². The number of rotatable bonds is 3. The van der Waals surface area contributed by atoms with E-state index >= 15 is 0 Å². The largest absolute Gasteiger partial charge is 0.325 e. The van der Waals surface area contributed by atoms with Crippen molar-refractivity contribution in [1.82, 2.24) is 9.55 Å². The molecule has 1 heterocycles. The molecule has 0 fully saturated rings. The van der Waals surface area contributed by atoms with Gasteiger partial charge in [0.15, 0.2) is 0 Å². The van der Waals surface area contributed by atoms with Gasteiger partial charge in [-0.15, -0.1) is 0 Å². The Bertz CT molecular complexity index is 210. The monoisotopic (exact) mass is 170 g/mol. The number of aromatic nitrogens is 2. The van der Waals surface area contributed by atoms with Crippen LogP contribution in [0.5, 0.6) is 0 Å². The van der Waals surface area contributed by atoms with Crippen LogP contribution in [-0.4, -0.2) is 20.3 Å². The van der Waals surface area contributed by atoms with E-state index in [-0.39, 0.29) is 6.04 Å². The van der Waals surface area contributed by atoms with Crippen LogP contribution in [-0.2, 0) is 0 Å². The van der Waals surface area contributed by atoms with E-state index in [1.165, 1.54) is 0 Å². The first-order chi connectivity index (χ1) is 4.88. The Morgan fingerprint density at radius 2 is 2.10 bits per heavy atom. The van der Waals surface area contributed by atoms with Gasteiger partial charge in [-0.3, -0.25) is 0 Å². The van der Waals surface area contributed by atoms with E-state index in [9.17, 15) is 0 Å². The predicted molar refractivity (Wildman–Crippen MR) is 48.6 cm³/mol. The first kappa shape index (κ1) is 7.50. The Morgan fingerprint density at radius 3 is 2.50 bits per heavy atom. The van der Waals surface area contributed by atoms with Crippen LogP contribution in [0.1, 0.15) is 6.04 Å². The van der Waals surface area contributed by atoms with Crippen molar-refractivity contribution in [2.75, 3.05) is 0 Å². The molecule has 0 saturated heterocycles. The van der Waals surface area contributed by atoms with E-state index in [0.29, 0.717) is 0 Å². The minimum absolute atomic E-state index is 0.0208. The van der Waals surface area contributed by atoms with E-state index in [1.54, 1.807) is 23.3 Å². The van der Waals surface area contributed by atoms with E-state index < -0.39 is 0 Å². The second-order valence-electron chi connectivity index (χ2n) is 1.77. The molecule has 0 aliphatic heterocycles. The molecule has 0 radical (unpaired) electrons. The van der Waals surface area contributed by atoms with E-state index in [2.05, 4.69) is 4.98 Å². The zero-order valence-electron chi connectivity index (χ0n) is 5.18. The minimum atomic E-state index is 0.0208. The lowest BCUT2D eigenvalue weighted by atomic mass is 10.4. The van der Waals surface area contributed by atoms with Gasteiger partial charge in [0.05, 0.1) is 12.4 Å². The van der Waals surface area contributed by atoms with Gasteiger partial charge in [0.2, 0.25) is 0 Å². The highest BCUT2D eigenvalue weighted by atomic mass is 32.1. The molecule has 0 aliphatic rings. The Morgan fingerprint density at radius 1 is 1.40 bits per heavy atom. The molecule has 0 unspecified atom stereocenters. The second kappa shape index (κ2) is 3.53. The van der Waals surface area contributed by atoms with Crippen molar-refractivity contribution < 1.29 is 0 Å². The SMILES string of the molecule is S=CC(C=S)n1ccnc1. The highest BCUT2D eigenvalue weighted by molar-refractivity contribution is 7.80. The summed E-state index contributed by atoms with van der Waals surface area (Å²) in [7, 11) is 0. The first-order valence-corrected chi connectivity index (χ1v) is 3.71. The van der Waals surface area contributed by atoms with Gasteiger partial charge in [0.1, 0.15) is 0 Å². The van der Waals surface area contributed by atoms with Crippen molar-refractivity contribution in [3.63, 3.8) is 0 Å². The van der Waals surface area contributed by atoms with Gasteiger partial charge in [-0.1, -0.05) is 24.4 Å². The first-order valence-electron chi connectivity index (χ1n) is 2.76. The smallest absolute Gasteiger partial charge is 0.0954 e. The Hall–Kier alpha value is -0.610. The summed E-state index contributed by atoms with van der Waals surface area (Å²) in [6.07, 6.45) is 5.22. The highest BCUT2D eigenvalue weighted by Gasteiger charge is 1.99. The molecule has 1 aromatic heterocycles. The molecule has 4 heteroatoms. The zero-order chi connectivity index (χ0) is 7.40. The lowest BCUT2D eigenvalue weighted by molar-refractivity contribution is 0.824. The molecule has 10 heavy (non-hydrogen) atoms. The molecule has 2 nitrogen and oxygen atoms in total. The second-order valence-corrected chi connectivity index (χ2v) is 2.32. The number of imidazole rings is 1. The third-order valence-electron chi connectivity index (χ3n) is 1.15. The summed E-state index contributed by atoms with van der Waals surface area (Å²) in [5, 5.41) is 3.21.